The molecule has 2 aromatic rings. The molecule has 2 bridgehead atoms. The lowest BCUT2D eigenvalue weighted by Crippen LogP contribution is -2.65. The predicted molar refractivity (Wildman–Crippen MR) is 98.7 cm³/mol. The quantitative estimate of drug-likeness (QED) is 0.827. The maximum absolute atomic E-state index is 13.2. The van der Waals surface area contributed by atoms with Crippen LogP contribution in [0.5, 0.6) is 0 Å². The number of benzene rings is 1. The standard InChI is InChI=1S/C20H24N2OS/c1-13-3-4-15-12-17(24-16(15)11-13)19(23)21(2)18-14-5-9-22(10-6-14)20(18)7-8-20/h3-4,11-12,14,18H,5-10H2,1-2H3. The maximum Gasteiger partial charge on any atom is 0.264 e. The van der Waals surface area contributed by atoms with Crippen molar-refractivity contribution in [2.45, 2.75) is 44.2 Å². The Kier molecular flexibility index (Phi) is 3.14. The highest BCUT2D eigenvalue weighted by atomic mass is 32.1. The van der Waals surface area contributed by atoms with E-state index in [1.54, 1.807) is 11.3 Å². The lowest BCUT2D eigenvalue weighted by atomic mass is 9.76. The topological polar surface area (TPSA) is 23.6 Å². The summed E-state index contributed by atoms with van der Waals surface area (Å²) in [6.45, 7) is 4.59. The highest BCUT2D eigenvalue weighted by Gasteiger charge is 2.62. The second kappa shape index (κ2) is 5.06. The van der Waals surface area contributed by atoms with Crippen molar-refractivity contribution < 1.29 is 4.79 Å². The third kappa shape index (κ3) is 2.02. The fourth-order valence-corrected chi connectivity index (χ4v) is 6.39. The van der Waals surface area contributed by atoms with Crippen LogP contribution < -0.4 is 0 Å². The lowest BCUT2D eigenvalue weighted by Gasteiger charge is -2.54. The van der Waals surface area contributed by atoms with Gasteiger partial charge >= 0.3 is 0 Å². The molecule has 4 heterocycles. The van der Waals surface area contributed by atoms with Crippen molar-refractivity contribution >= 4 is 27.3 Å². The average Bonchev–Trinajstić information content (AvgIpc) is 3.24. The average molecular weight is 340 g/mol. The molecule has 1 aliphatic carbocycles. The summed E-state index contributed by atoms with van der Waals surface area (Å²) in [7, 11) is 2.05. The van der Waals surface area contributed by atoms with Crippen LogP contribution in [0.25, 0.3) is 10.1 Å². The number of hydrogen-bond donors (Lipinski definition) is 0. The molecule has 6 rings (SSSR count). The first-order chi connectivity index (χ1) is 11.6. The van der Waals surface area contributed by atoms with E-state index in [0.29, 0.717) is 17.5 Å². The molecular formula is C20H24N2OS. The molecule has 24 heavy (non-hydrogen) atoms. The van der Waals surface area contributed by atoms with Crippen LogP contribution in [-0.4, -0.2) is 47.4 Å². The second-order valence-electron chi connectivity index (χ2n) is 7.94. The van der Waals surface area contributed by atoms with Crippen LogP contribution in [0.1, 0.15) is 40.9 Å². The Hall–Kier alpha value is -1.39. The highest BCUT2D eigenvalue weighted by molar-refractivity contribution is 7.20. The Balaban J connectivity index is 1.47. The van der Waals surface area contributed by atoms with Crippen molar-refractivity contribution in [2.24, 2.45) is 5.92 Å². The van der Waals surface area contributed by atoms with Gasteiger partial charge in [-0.15, -0.1) is 11.3 Å². The molecule has 1 saturated carbocycles. The van der Waals surface area contributed by atoms with Gasteiger partial charge in [0.05, 0.1) is 10.9 Å². The molecule has 0 N–H and O–H groups in total. The fraction of sp³-hybridized carbons (Fsp3) is 0.550. The summed E-state index contributed by atoms with van der Waals surface area (Å²) in [6.07, 6.45) is 5.07. The molecule has 126 valence electrons. The van der Waals surface area contributed by atoms with E-state index in [0.717, 1.165) is 4.88 Å². The monoisotopic (exact) mass is 340 g/mol. The van der Waals surface area contributed by atoms with Gasteiger partial charge in [-0.3, -0.25) is 9.69 Å². The number of carbonyl (C=O) groups is 1. The van der Waals surface area contributed by atoms with E-state index < -0.39 is 0 Å². The minimum atomic E-state index is 0.221. The van der Waals surface area contributed by atoms with Crippen molar-refractivity contribution in [1.29, 1.82) is 0 Å². The molecular weight excluding hydrogens is 316 g/mol. The maximum atomic E-state index is 13.2. The van der Waals surface area contributed by atoms with E-state index in [-0.39, 0.29) is 5.91 Å². The zero-order chi connectivity index (χ0) is 16.5. The molecule has 1 aromatic heterocycles. The first kappa shape index (κ1) is 14.9. The van der Waals surface area contributed by atoms with Gasteiger partial charge in [-0.2, -0.15) is 0 Å². The Morgan fingerprint density at radius 1 is 1.25 bits per heavy atom. The van der Waals surface area contributed by atoms with Crippen LogP contribution in [0.4, 0.5) is 0 Å². The number of piperidine rings is 3. The summed E-state index contributed by atoms with van der Waals surface area (Å²) in [5.74, 6) is 0.918. The van der Waals surface area contributed by atoms with Crippen LogP contribution in [0.2, 0.25) is 0 Å². The Morgan fingerprint density at radius 2 is 2.00 bits per heavy atom. The van der Waals surface area contributed by atoms with Gasteiger partial charge in [0.25, 0.3) is 5.91 Å². The van der Waals surface area contributed by atoms with Crippen LogP contribution in [-0.2, 0) is 0 Å². The van der Waals surface area contributed by atoms with E-state index in [1.165, 1.54) is 54.4 Å². The Morgan fingerprint density at radius 3 is 2.71 bits per heavy atom. The molecule has 1 unspecified atom stereocenters. The molecule has 1 aromatic carbocycles. The molecule has 1 amide bonds. The van der Waals surface area contributed by atoms with Crippen LogP contribution in [0, 0.1) is 12.8 Å². The smallest absolute Gasteiger partial charge is 0.264 e. The number of amides is 1. The van der Waals surface area contributed by atoms with E-state index >= 15 is 0 Å². The SMILES string of the molecule is Cc1ccc2cc(C(=O)N(C)C3C4CCN(CC4)C34CC4)sc2c1. The second-order valence-corrected chi connectivity index (χ2v) is 9.02. The van der Waals surface area contributed by atoms with Gasteiger partial charge in [0.15, 0.2) is 0 Å². The highest BCUT2D eigenvalue weighted by Crippen LogP contribution is 2.55. The summed E-state index contributed by atoms with van der Waals surface area (Å²) in [6, 6.07) is 8.94. The number of aryl methyl sites for hydroxylation is 1. The van der Waals surface area contributed by atoms with Crippen LogP contribution in [0.15, 0.2) is 24.3 Å². The molecule has 4 fully saturated rings. The van der Waals surface area contributed by atoms with E-state index in [2.05, 4.69) is 41.0 Å². The van der Waals surface area contributed by atoms with Crippen molar-refractivity contribution in [2.75, 3.05) is 20.1 Å². The van der Waals surface area contributed by atoms with Crippen LogP contribution >= 0.6 is 11.3 Å². The fourth-order valence-electron chi connectivity index (χ4n) is 5.25. The Bertz CT molecular complexity index is 814. The largest absolute Gasteiger partial charge is 0.336 e. The molecule has 3 nitrogen and oxygen atoms in total. The third-order valence-corrected chi connectivity index (χ3v) is 7.64. The molecule has 3 saturated heterocycles. The van der Waals surface area contributed by atoms with Gasteiger partial charge < -0.3 is 4.90 Å². The number of fused-ring (bicyclic) bond motifs is 3. The Labute approximate surface area is 147 Å². The van der Waals surface area contributed by atoms with Crippen molar-refractivity contribution in [1.82, 2.24) is 9.80 Å². The lowest BCUT2D eigenvalue weighted by molar-refractivity contribution is -0.0415. The molecule has 4 heteroatoms. The first-order valence-corrected chi connectivity index (χ1v) is 9.92. The van der Waals surface area contributed by atoms with E-state index in [1.807, 2.05) is 7.05 Å². The minimum Gasteiger partial charge on any atom is -0.336 e. The summed E-state index contributed by atoms with van der Waals surface area (Å²) in [4.78, 5) is 18.9. The molecule has 0 radical (unpaired) electrons. The van der Waals surface area contributed by atoms with Gasteiger partial charge in [-0.1, -0.05) is 12.1 Å². The summed E-state index contributed by atoms with van der Waals surface area (Å²) < 4.78 is 1.22. The molecule has 3 aliphatic heterocycles. The number of rotatable bonds is 2. The van der Waals surface area contributed by atoms with Crippen molar-refractivity contribution in [3.05, 3.63) is 34.7 Å². The number of thiophene rings is 1. The van der Waals surface area contributed by atoms with Gasteiger partial charge in [0.1, 0.15) is 0 Å². The molecule has 1 spiro atoms. The summed E-state index contributed by atoms with van der Waals surface area (Å²) in [5.41, 5.74) is 1.57. The molecule has 4 aliphatic rings. The van der Waals surface area contributed by atoms with E-state index in [4.69, 9.17) is 0 Å². The number of carbonyl (C=O) groups excluding carboxylic acids is 1. The first-order valence-electron chi connectivity index (χ1n) is 9.11. The summed E-state index contributed by atoms with van der Waals surface area (Å²) >= 11 is 1.65. The predicted octanol–water partition coefficient (Wildman–Crippen LogP) is 3.91. The number of likely N-dealkylation sites (N-methyl/N-ethyl adjacent to an activating group) is 1. The summed E-state index contributed by atoms with van der Waals surface area (Å²) in [5, 5.41) is 1.19. The van der Waals surface area contributed by atoms with Crippen molar-refractivity contribution in [3.8, 4) is 0 Å². The van der Waals surface area contributed by atoms with E-state index in [9.17, 15) is 4.79 Å². The zero-order valence-corrected chi connectivity index (χ0v) is 15.2. The molecule has 1 atom stereocenters. The third-order valence-electron chi connectivity index (χ3n) is 6.55. The van der Waals surface area contributed by atoms with Gasteiger partial charge in [-0.25, -0.2) is 0 Å². The number of nitrogens with zero attached hydrogens (tertiary/aromatic N) is 2. The van der Waals surface area contributed by atoms with Gasteiger partial charge in [-0.05, 0) is 74.7 Å². The normalized spacial score (nSPS) is 30.0. The van der Waals surface area contributed by atoms with Gasteiger partial charge in [0.2, 0.25) is 0 Å². The van der Waals surface area contributed by atoms with Crippen LogP contribution in [0.3, 0.4) is 0 Å². The number of hydrogen-bond acceptors (Lipinski definition) is 3. The van der Waals surface area contributed by atoms with Gasteiger partial charge in [0, 0.05) is 17.3 Å². The van der Waals surface area contributed by atoms with Crippen molar-refractivity contribution in [3.63, 3.8) is 0 Å². The minimum absolute atomic E-state index is 0.221. The zero-order valence-electron chi connectivity index (χ0n) is 14.4.